The van der Waals surface area contributed by atoms with Crippen molar-refractivity contribution in [1.29, 1.82) is 0 Å². The highest BCUT2D eigenvalue weighted by Gasteiger charge is 2.15. The molecular formula is C20H15N5O4S. The topological polar surface area (TPSA) is 112 Å². The van der Waals surface area contributed by atoms with Gasteiger partial charge in [-0.15, -0.1) is 16.4 Å². The molecule has 2 heterocycles. The Hall–Kier alpha value is -4.05. The number of nitrogens with zero attached hydrogens (tertiary/aromatic N) is 4. The summed E-state index contributed by atoms with van der Waals surface area (Å²) in [6, 6.07) is 13.5. The predicted octanol–water partition coefficient (Wildman–Crippen LogP) is 4.03. The summed E-state index contributed by atoms with van der Waals surface area (Å²) in [4.78, 5) is 27.4. The van der Waals surface area contributed by atoms with Gasteiger partial charge in [-0.3, -0.25) is 20.2 Å². The van der Waals surface area contributed by atoms with Gasteiger partial charge in [0, 0.05) is 29.2 Å². The maximum atomic E-state index is 12.2. The molecule has 30 heavy (non-hydrogen) atoms. The highest BCUT2D eigenvalue weighted by atomic mass is 32.1. The van der Waals surface area contributed by atoms with Crippen molar-refractivity contribution in [2.45, 2.75) is 0 Å². The first-order chi connectivity index (χ1) is 14.5. The van der Waals surface area contributed by atoms with Gasteiger partial charge in [-0.25, -0.2) is 4.52 Å². The number of hydrogen-bond donors (Lipinski definition) is 1. The second-order valence-electron chi connectivity index (χ2n) is 6.12. The molecule has 9 nitrogen and oxygen atoms in total. The molecule has 2 aromatic carbocycles. The first-order valence-electron chi connectivity index (χ1n) is 8.76. The zero-order valence-corrected chi connectivity index (χ0v) is 16.5. The summed E-state index contributed by atoms with van der Waals surface area (Å²) in [5.41, 5.74) is 2.33. The zero-order chi connectivity index (χ0) is 21.1. The van der Waals surface area contributed by atoms with Crippen LogP contribution < -0.4 is 10.1 Å². The lowest BCUT2D eigenvalue weighted by molar-refractivity contribution is -0.384. The SMILES string of the molecule is COc1ccccc1-c1csc2nc(NC(=O)/C=C/c3ccc([N+](=O)[O-])cc3)nn12. The Labute approximate surface area is 174 Å². The molecule has 1 amide bonds. The fraction of sp³-hybridized carbons (Fsp3) is 0.0500. The van der Waals surface area contributed by atoms with E-state index >= 15 is 0 Å². The van der Waals surface area contributed by atoms with E-state index in [2.05, 4.69) is 15.4 Å². The smallest absolute Gasteiger partial charge is 0.269 e. The van der Waals surface area contributed by atoms with E-state index in [-0.39, 0.29) is 11.6 Å². The molecule has 4 aromatic rings. The number of non-ortho nitro benzene ring substituents is 1. The minimum atomic E-state index is -0.477. The van der Waals surface area contributed by atoms with Crippen LogP contribution >= 0.6 is 11.3 Å². The van der Waals surface area contributed by atoms with Crippen LogP contribution in [-0.2, 0) is 4.79 Å². The van der Waals surface area contributed by atoms with E-state index < -0.39 is 10.8 Å². The summed E-state index contributed by atoms with van der Waals surface area (Å²) in [5.74, 6) is 0.478. The molecule has 0 unspecified atom stereocenters. The second kappa shape index (κ2) is 8.13. The molecule has 0 aliphatic carbocycles. The van der Waals surface area contributed by atoms with Crippen LogP contribution in [0.1, 0.15) is 5.56 Å². The van der Waals surface area contributed by atoms with Crippen LogP contribution in [0, 0.1) is 10.1 Å². The number of amides is 1. The van der Waals surface area contributed by atoms with Gasteiger partial charge < -0.3 is 4.74 Å². The molecule has 0 fully saturated rings. The maximum Gasteiger partial charge on any atom is 0.269 e. The summed E-state index contributed by atoms with van der Waals surface area (Å²) in [6.45, 7) is 0. The predicted molar refractivity (Wildman–Crippen MR) is 114 cm³/mol. The maximum absolute atomic E-state index is 12.2. The number of anilines is 1. The third-order valence-electron chi connectivity index (χ3n) is 4.23. The number of nitrogens with one attached hydrogen (secondary N) is 1. The fourth-order valence-electron chi connectivity index (χ4n) is 2.81. The van der Waals surface area contributed by atoms with Gasteiger partial charge in [0.1, 0.15) is 5.75 Å². The van der Waals surface area contributed by atoms with Gasteiger partial charge in [0.15, 0.2) is 0 Å². The van der Waals surface area contributed by atoms with Crippen LogP contribution in [0.25, 0.3) is 22.3 Å². The number of fused-ring (bicyclic) bond motifs is 1. The molecule has 2 aromatic heterocycles. The minimum Gasteiger partial charge on any atom is -0.496 e. The molecule has 150 valence electrons. The standard InChI is InChI=1S/C20H15N5O4S/c1-29-17-5-3-2-4-15(17)16-12-30-20-22-19(23-24(16)20)21-18(26)11-8-13-6-9-14(10-7-13)25(27)28/h2-12H,1H3,(H,21,23,26)/b11-8+. The minimum absolute atomic E-state index is 0.00951. The number of hydrogen-bond acceptors (Lipinski definition) is 7. The second-order valence-corrected chi connectivity index (χ2v) is 6.96. The van der Waals surface area contributed by atoms with Gasteiger partial charge in [-0.1, -0.05) is 12.1 Å². The van der Waals surface area contributed by atoms with Crippen molar-refractivity contribution in [3.05, 3.63) is 75.7 Å². The van der Waals surface area contributed by atoms with Crippen LogP contribution in [-0.4, -0.2) is 32.5 Å². The number of aromatic nitrogens is 3. The lowest BCUT2D eigenvalue weighted by Gasteiger charge is -2.06. The van der Waals surface area contributed by atoms with Crippen LogP contribution in [0.3, 0.4) is 0 Å². The third-order valence-corrected chi connectivity index (χ3v) is 5.05. The number of para-hydroxylation sites is 1. The van der Waals surface area contributed by atoms with Gasteiger partial charge in [0.05, 0.1) is 17.7 Å². The molecule has 0 bridgehead atoms. The van der Waals surface area contributed by atoms with Gasteiger partial charge in [-0.05, 0) is 35.9 Å². The number of carbonyl (C=O) groups excluding carboxylic acids is 1. The normalized spacial score (nSPS) is 11.1. The van der Waals surface area contributed by atoms with Crippen LogP contribution in [0.5, 0.6) is 5.75 Å². The van der Waals surface area contributed by atoms with E-state index in [1.165, 1.54) is 29.5 Å². The summed E-state index contributed by atoms with van der Waals surface area (Å²) in [7, 11) is 1.60. The molecule has 0 atom stereocenters. The Balaban J connectivity index is 1.51. The van der Waals surface area contributed by atoms with E-state index in [0.717, 1.165) is 11.3 Å². The number of methoxy groups -OCH3 is 1. The number of nitro benzene ring substituents is 1. The van der Waals surface area contributed by atoms with Crippen LogP contribution in [0.15, 0.2) is 60.0 Å². The Kier molecular flexibility index (Phi) is 5.22. The van der Waals surface area contributed by atoms with Crippen LogP contribution in [0.2, 0.25) is 0 Å². The average molecular weight is 421 g/mol. The van der Waals surface area contributed by atoms with E-state index in [4.69, 9.17) is 4.74 Å². The average Bonchev–Trinajstić information content (AvgIpc) is 3.32. The van der Waals surface area contributed by atoms with E-state index in [1.54, 1.807) is 29.8 Å². The summed E-state index contributed by atoms with van der Waals surface area (Å²) >= 11 is 1.40. The molecule has 10 heteroatoms. The molecule has 0 aliphatic heterocycles. The molecule has 0 saturated carbocycles. The first-order valence-corrected chi connectivity index (χ1v) is 9.64. The van der Waals surface area contributed by atoms with Crippen molar-refractivity contribution in [2.75, 3.05) is 12.4 Å². The lowest BCUT2D eigenvalue weighted by atomic mass is 10.1. The van der Waals surface area contributed by atoms with Crippen molar-refractivity contribution in [2.24, 2.45) is 0 Å². The number of benzene rings is 2. The Morgan fingerprint density at radius 2 is 2.00 bits per heavy atom. The van der Waals surface area contributed by atoms with Crippen molar-refractivity contribution in [3.63, 3.8) is 0 Å². The van der Waals surface area contributed by atoms with Gasteiger partial charge in [-0.2, -0.15) is 4.98 Å². The number of carbonyl (C=O) groups is 1. The highest BCUT2D eigenvalue weighted by Crippen LogP contribution is 2.32. The van der Waals surface area contributed by atoms with Gasteiger partial charge in [0.2, 0.25) is 4.96 Å². The largest absolute Gasteiger partial charge is 0.496 e. The first kappa shape index (κ1) is 19.3. The summed E-state index contributed by atoms with van der Waals surface area (Å²) in [6.07, 6.45) is 2.87. The van der Waals surface area contributed by atoms with E-state index in [0.29, 0.717) is 16.3 Å². The number of thiazole rings is 1. The fourth-order valence-corrected chi connectivity index (χ4v) is 3.63. The molecule has 0 spiro atoms. The zero-order valence-electron chi connectivity index (χ0n) is 15.7. The summed E-state index contributed by atoms with van der Waals surface area (Å²) < 4.78 is 7.06. The Bertz CT molecular complexity index is 1260. The number of ether oxygens (including phenoxy) is 1. The lowest BCUT2D eigenvalue weighted by Crippen LogP contribution is -2.09. The third kappa shape index (κ3) is 3.89. The molecular weight excluding hydrogens is 406 g/mol. The van der Waals surface area contributed by atoms with Crippen molar-refractivity contribution >= 4 is 39.9 Å². The van der Waals surface area contributed by atoms with E-state index in [9.17, 15) is 14.9 Å². The monoisotopic (exact) mass is 421 g/mol. The van der Waals surface area contributed by atoms with Crippen molar-refractivity contribution < 1.29 is 14.5 Å². The van der Waals surface area contributed by atoms with Crippen molar-refractivity contribution in [1.82, 2.24) is 14.6 Å². The quantitative estimate of drug-likeness (QED) is 0.286. The Morgan fingerprint density at radius 1 is 1.23 bits per heavy atom. The van der Waals surface area contributed by atoms with Gasteiger partial charge >= 0.3 is 0 Å². The molecule has 0 saturated heterocycles. The van der Waals surface area contributed by atoms with E-state index in [1.807, 2.05) is 29.6 Å². The highest BCUT2D eigenvalue weighted by molar-refractivity contribution is 7.15. The summed E-state index contributed by atoms with van der Waals surface area (Å²) in [5, 5.41) is 19.6. The molecule has 0 aliphatic rings. The number of rotatable bonds is 6. The van der Waals surface area contributed by atoms with Gasteiger partial charge in [0.25, 0.3) is 17.5 Å². The molecule has 1 N–H and O–H groups in total. The van der Waals surface area contributed by atoms with Crippen molar-refractivity contribution in [3.8, 4) is 17.0 Å². The molecule has 0 radical (unpaired) electrons. The number of nitro groups is 1. The Morgan fingerprint density at radius 3 is 2.73 bits per heavy atom. The molecule has 4 rings (SSSR count). The van der Waals surface area contributed by atoms with Crippen LogP contribution in [0.4, 0.5) is 11.6 Å².